The molecule has 0 aromatic carbocycles. The molecule has 7 heteroatoms. The molecule has 2 fully saturated rings. The summed E-state index contributed by atoms with van der Waals surface area (Å²) in [5.41, 5.74) is 5.30. The molecule has 3 aliphatic carbocycles. The maximum Gasteiger partial charge on any atom is 0.332 e. The van der Waals surface area contributed by atoms with Crippen LogP contribution in [0.4, 0.5) is 0 Å². The van der Waals surface area contributed by atoms with E-state index in [1.165, 1.54) is 16.7 Å². The molecule has 2 saturated carbocycles. The van der Waals surface area contributed by atoms with Gasteiger partial charge >= 0.3 is 5.97 Å². The summed E-state index contributed by atoms with van der Waals surface area (Å²) in [6.07, 6.45) is 13.3. The topological polar surface area (TPSA) is 54.0 Å². The van der Waals surface area contributed by atoms with E-state index in [-0.39, 0.29) is 46.4 Å². The fourth-order valence-corrected chi connectivity index (χ4v) is 9.40. The van der Waals surface area contributed by atoms with E-state index in [4.69, 9.17) is 18.3 Å². The first-order valence-corrected chi connectivity index (χ1v) is 22.9. The lowest BCUT2D eigenvalue weighted by molar-refractivity contribution is -0.149. The third-order valence-electron chi connectivity index (χ3n) is 11.5. The molecule has 0 amide bonds. The van der Waals surface area contributed by atoms with Gasteiger partial charge in [0.15, 0.2) is 16.6 Å². The number of rotatable bonds is 10. The predicted molar refractivity (Wildman–Crippen MR) is 189 cm³/mol. The standard InChI is InChI=1S/C37H64O5Si2/c1-15-39-34(38)25-40-27(3)31-20-21-32-28(17-16-22-37(31,32)10)18-19-29-23-30(41-43(11,12)35(4,5)6)24-33(26(29)2)42-44(13,14)36(7,8)9/h18-20,27,30,32-33H,2,15-17,21-25H2,1,3-14H3/b28-18+,29-19-/t27?,30-,32+,33+,37-/m1/s1. The van der Waals surface area contributed by atoms with E-state index in [0.29, 0.717) is 12.5 Å². The highest BCUT2D eigenvalue weighted by atomic mass is 28.4. The monoisotopic (exact) mass is 644 g/mol. The molecule has 0 aromatic heterocycles. The minimum absolute atomic E-state index is 0.000226. The van der Waals surface area contributed by atoms with Crippen LogP contribution in [0.25, 0.3) is 0 Å². The summed E-state index contributed by atoms with van der Waals surface area (Å²) in [6, 6.07) is 0. The lowest BCUT2D eigenvalue weighted by atomic mass is 9.63. The van der Waals surface area contributed by atoms with Crippen LogP contribution in [0.2, 0.25) is 36.3 Å². The maximum atomic E-state index is 11.9. The first-order chi connectivity index (χ1) is 20.1. The third kappa shape index (κ3) is 8.36. The van der Waals surface area contributed by atoms with Gasteiger partial charge < -0.3 is 18.3 Å². The molecule has 0 aliphatic heterocycles. The predicted octanol–water partition coefficient (Wildman–Crippen LogP) is 10.1. The van der Waals surface area contributed by atoms with Crippen molar-refractivity contribution < 1.29 is 23.1 Å². The van der Waals surface area contributed by atoms with Crippen LogP contribution >= 0.6 is 0 Å². The summed E-state index contributed by atoms with van der Waals surface area (Å²) in [5.74, 6) is 0.155. The number of fused-ring (bicyclic) bond motifs is 1. The van der Waals surface area contributed by atoms with Crippen molar-refractivity contribution in [3.05, 3.63) is 47.1 Å². The van der Waals surface area contributed by atoms with Gasteiger partial charge in [0.05, 0.1) is 24.9 Å². The fourth-order valence-electron chi connectivity index (χ4n) is 6.73. The summed E-state index contributed by atoms with van der Waals surface area (Å²) in [7, 11) is -3.96. The van der Waals surface area contributed by atoms with E-state index in [0.717, 1.165) is 44.1 Å². The normalized spacial score (nSPS) is 29.5. The van der Waals surface area contributed by atoms with Crippen LogP contribution in [0.5, 0.6) is 0 Å². The highest BCUT2D eigenvalue weighted by Gasteiger charge is 2.47. The minimum atomic E-state index is -2.00. The summed E-state index contributed by atoms with van der Waals surface area (Å²) in [4.78, 5) is 11.9. The molecule has 0 saturated heterocycles. The molecule has 0 radical (unpaired) electrons. The van der Waals surface area contributed by atoms with Crippen LogP contribution < -0.4 is 0 Å². The number of carbonyl (C=O) groups excluding carboxylic acids is 1. The van der Waals surface area contributed by atoms with Crippen LogP contribution in [0.3, 0.4) is 0 Å². The molecule has 0 bridgehead atoms. The smallest absolute Gasteiger partial charge is 0.332 e. The zero-order valence-corrected chi connectivity index (χ0v) is 32.4. The van der Waals surface area contributed by atoms with Gasteiger partial charge in [-0.25, -0.2) is 4.79 Å². The Morgan fingerprint density at radius 3 is 2.27 bits per heavy atom. The molecule has 5 atom stereocenters. The summed E-state index contributed by atoms with van der Waals surface area (Å²) in [6.45, 7) is 34.6. The van der Waals surface area contributed by atoms with E-state index in [9.17, 15) is 4.79 Å². The molecule has 0 aromatic rings. The van der Waals surface area contributed by atoms with Crippen molar-refractivity contribution in [1.29, 1.82) is 0 Å². The molecule has 3 rings (SSSR count). The van der Waals surface area contributed by atoms with E-state index in [2.05, 4.69) is 106 Å². The van der Waals surface area contributed by atoms with Crippen LogP contribution in [0.1, 0.15) is 101 Å². The van der Waals surface area contributed by atoms with Gasteiger partial charge in [0, 0.05) is 6.42 Å². The Kier molecular flexibility index (Phi) is 11.7. The molecule has 1 unspecified atom stereocenters. The zero-order valence-electron chi connectivity index (χ0n) is 30.4. The minimum Gasteiger partial charge on any atom is -0.464 e. The van der Waals surface area contributed by atoms with Gasteiger partial charge in [0.25, 0.3) is 0 Å². The first-order valence-electron chi connectivity index (χ1n) is 17.0. The van der Waals surface area contributed by atoms with Crippen LogP contribution in [0, 0.1) is 11.3 Å². The van der Waals surface area contributed by atoms with Crippen molar-refractivity contribution in [2.24, 2.45) is 11.3 Å². The molecule has 0 spiro atoms. The quantitative estimate of drug-likeness (QED) is 0.135. The SMILES string of the molecule is C=C1/C(=C\C=C2/CCC[C@]3(C)C(C(C)OCC(=O)OCC)=CC[C@@H]23)C[C@@H](O[Si](C)(C)C(C)(C)C)C[C@@H]1O[Si](C)(C)C(C)(C)C. The second-order valence-electron chi connectivity index (χ2n) is 16.7. The van der Waals surface area contributed by atoms with Crippen molar-refractivity contribution >= 4 is 22.6 Å². The van der Waals surface area contributed by atoms with Crippen LogP contribution in [-0.2, 0) is 23.1 Å². The Balaban J connectivity index is 1.87. The summed E-state index contributed by atoms with van der Waals surface area (Å²) in [5, 5.41) is 0.281. The molecular formula is C37H64O5Si2. The van der Waals surface area contributed by atoms with Gasteiger partial charge in [-0.1, -0.05) is 78.8 Å². The van der Waals surface area contributed by atoms with E-state index >= 15 is 0 Å². The Hall–Kier alpha value is -1.26. The molecule has 5 nitrogen and oxygen atoms in total. The van der Waals surface area contributed by atoms with Crippen LogP contribution in [-0.4, -0.2) is 54.1 Å². The van der Waals surface area contributed by atoms with Gasteiger partial charge in [0.1, 0.15) is 6.61 Å². The average molecular weight is 645 g/mol. The van der Waals surface area contributed by atoms with Crippen molar-refractivity contribution in [2.75, 3.05) is 13.2 Å². The highest BCUT2D eigenvalue weighted by molar-refractivity contribution is 6.74. The van der Waals surface area contributed by atoms with Crippen LogP contribution in [0.15, 0.2) is 47.1 Å². The van der Waals surface area contributed by atoms with Crippen molar-refractivity contribution in [2.45, 2.75) is 155 Å². The van der Waals surface area contributed by atoms with E-state index in [1.54, 1.807) is 0 Å². The van der Waals surface area contributed by atoms with Crippen molar-refractivity contribution in [3.8, 4) is 0 Å². The van der Waals surface area contributed by atoms with Gasteiger partial charge in [0.2, 0.25) is 0 Å². The number of hydrogen-bond donors (Lipinski definition) is 0. The van der Waals surface area contributed by atoms with Gasteiger partial charge in [-0.2, -0.15) is 0 Å². The average Bonchev–Trinajstić information content (AvgIpc) is 3.24. The second kappa shape index (κ2) is 13.8. The second-order valence-corrected chi connectivity index (χ2v) is 26.3. The Bertz CT molecular complexity index is 1150. The van der Waals surface area contributed by atoms with E-state index in [1.807, 2.05) is 6.92 Å². The first kappa shape index (κ1) is 37.2. The Labute approximate surface area is 272 Å². The Morgan fingerprint density at radius 1 is 1.07 bits per heavy atom. The lowest BCUT2D eigenvalue weighted by Crippen LogP contribution is -2.49. The molecular weight excluding hydrogens is 581 g/mol. The van der Waals surface area contributed by atoms with Gasteiger partial charge in [-0.15, -0.1) is 0 Å². The summed E-state index contributed by atoms with van der Waals surface area (Å²) >= 11 is 0. The fraction of sp³-hybridized carbons (Fsp3) is 0.757. The zero-order chi connectivity index (χ0) is 33.3. The molecule has 3 aliphatic rings. The number of carbonyl (C=O) groups is 1. The molecule has 44 heavy (non-hydrogen) atoms. The molecule has 250 valence electrons. The van der Waals surface area contributed by atoms with Crippen molar-refractivity contribution in [1.82, 2.24) is 0 Å². The molecule has 0 heterocycles. The number of esters is 1. The molecule has 0 N–H and O–H groups in total. The Morgan fingerprint density at radius 2 is 1.68 bits per heavy atom. The van der Waals surface area contributed by atoms with Crippen molar-refractivity contribution in [3.63, 3.8) is 0 Å². The highest BCUT2D eigenvalue weighted by Crippen LogP contribution is 2.56. The number of ether oxygens (including phenoxy) is 2. The van der Waals surface area contributed by atoms with Gasteiger partial charge in [-0.3, -0.25) is 0 Å². The number of allylic oxidation sites excluding steroid dienone is 4. The maximum absolute atomic E-state index is 11.9. The largest absolute Gasteiger partial charge is 0.464 e. The number of hydrogen-bond acceptors (Lipinski definition) is 5. The van der Waals surface area contributed by atoms with Gasteiger partial charge in [-0.05, 0) is 110 Å². The van der Waals surface area contributed by atoms with E-state index < -0.39 is 16.6 Å². The lowest BCUT2D eigenvalue weighted by Gasteiger charge is -2.45. The summed E-state index contributed by atoms with van der Waals surface area (Å²) < 4.78 is 25.2. The third-order valence-corrected chi connectivity index (χ3v) is 20.6.